The van der Waals surface area contributed by atoms with Crippen LogP contribution in [-0.2, 0) is 21.2 Å². The maximum absolute atomic E-state index is 13.4. The Morgan fingerprint density at radius 1 is 1.13 bits per heavy atom. The number of benzene rings is 1. The van der Waals surface area contributed by atoms with Crippen molar-refractivity contribution in [3.05, 3.63) is 59.5 Å². The molecule has 0 bridgehead atoms. The first kappa shape index (κ1) is 27.0. The highest BCUT2D eigenvalue weighted by molar-refractivity contribution is 7.90. The predicted molar refractivity (Wildman–Crippen MR) is 150 cm³/mol. The van der Waals surface area contributed by atoms with Crippen LogP contribution in [0, 0.1) is 5.82 Å². The number of nitrogens with zero attached hydrogens (tertiary/aromatic N) is 6. The largest absolute Gasteiger partial charge is 0.480 e. The number of carboxylic acid groups (broad SMARTS) is 1. The van der Waals surface area contributed by atoms with E-state index < -0.39 is 21.2 Å². The second-order valence-corrected chi connectivity index (χ2v) is 12.4. The normalized spacial score (nSPS) is 15.5. The summed E-state index contributed by atoms with van der Waals surface area (Å²) in [5.41, 5.74) is 4.20. The lowest BCUT2D eigenvalue weighted by atomic mass is 10.2. The van der Waals surface area contributed by atoms with Gasteiger partial charge in [-0.1, -0.05) is 6.92 Å². The van der Waals surface area contributed by atoms with E-state index in [1.807, 2.05) is 47.0 Å². The van der Waals surface area contributed by atoms with Crippen LogP contribution in [0.4, 0.5) is 21.0 Å². The van der Waals surface area contributed by atoms with Crippen molar-refractivity contribution in [3.8, 4) is 11.3 Å². The first-order chi connectivity index (χ1) is 18.6. The van der Waals surface area contributed by atoms with Gasteiger partial charge in [0, 0.05) is 50.4 Å². The van der Waals surface area contributed by atoms with Crippen molar-refractivity contribution in [1.82, 2.24) is 18.7 Å². The number of carbonyl (C=O) groups is 1. The molecule has 5 rings (SSSR count). The van der Waals surface area contributed by atoms with E-state index in [1.165, 1.54) is 34.7 Å². The Kier molecular flexibility index (Phi) is 7.31. The fraction of sp³-hybridized carbons (Fsp3) is 0.346. The molecule has 0 spiro atoms. The lowest BCUT2D eigenvalue weighted by Crippen LogP contribution is -2.52. The third-order valence-corrected chi connectivity index (χ3v) is 10.1. The number of piperazine rings is 1. The summed E-state index contributed by atoms with van der Waals surface area (Å²) < 4.78 is 41.9. The van der Waals surface area contributed by atoms with Gasteiger partial charge in [0.2, 0.25) is 10.0 Å². The van der Waals surface area contributed by atoms with Gasteiger partial charge in [0.05, 0.1) is 17.1 Å². The highest BCUT2D eigenvalue weighted by Crippen LogP contribution is 2.34. The number of hydrogen-bond acceptors (Lipinski definition) is 8. The van der Waals surface area contributed by atoms with Crippen molar-refractivity contribution < 1.29 is 22.7 Å². The molecule has 0 amide bonds. The zero-order chi connectivity index (χ0) is 27.9. The molecule has 1 aliphatic rings. The van der Waals surface area contributed by atoms with E-state index >= 15 is 0 Å². The van der Waals surface area contributed by atoms with Gasteiger partial charge in [-0.15, -0.1) is 11.3 Å². The lowest BCUT2D eigenvalue weighted by Gasteiger charge is -2.36. The van der Waals surface area contributed by atoms with Gasteiger partial charge in [-0.25, -0.2) is 22.8 Å². The third kappa shape index (κ3) is 5.09. The molecule has 1 fully saturated rings. The number of hydrogen-bond donors (Lipinski definition) is 1. The number of aromatic nitrogens is 3. The number of rotatable bonds is 8. The molecule has 1 saturated heterocycles. The van der Waals surface area contributed by atoms with Crippen molar-refractivity contribution in [1.29, 1.82) is 0 Å². The first-order valence-electron chi connectivity index (χ1n) is 12.5. The minimum Gasteiger partial charge on any atom is -0.480 e. The van der Waals surface area contributed by atoms with Gasteiger partial charge in [-0.2, -0.15) is 4.31 Å². The van der Waals surface area contributed by atoms with Crippen LogP contribution in [0.15, 0.2) is 48.0 Å². The highest BCUT2D eigenvalue weighted by atomic mass is 32.2. The molecule has 10 nitrogen and oxygen atoms in total. The summed E-state index contributed by atoms with van der Waals surface area (Å²) >= 11 is 1.49. The minimum atomic E-state index is -3.91. The van der Waals surface area contributed by atoms with Crippen molar-refractivity contribution in [3.63, 3.8) is 0 Å². The third-order valence-electron chi connectivity index (χ3n) is 6.98. The standard InChI is InChI=1S/C26H29FN6O4S2/c1-4-21-24(30(3)26-29-22(16-38-26)18-5-7-19(27)8-6-18)33-15-20(9-10-23(33)28-21)31-11-13-32(14-12-31)39(36,37)17(2)25(34)35/h5-10,15-17H,4,11-14H2,1-3H3,(H,34,35). The molecule has 39 heavy (non-hydrogen) atoms. The van der Waals surface area contributed by atoms with Crippen LogP contribution in [0.3, 0.4) is 0 Å². The maximum Gasteiger partial charge on any atom is 0.323 e. The molecule has 1 N–H and O–H groups in total. The Hall–Kier alpha value is -3.55. The Morgan fingerprint density at radius 2 is 1.82 bits per heavy atom. The smallest absolute Gasteiger partial charge is 0.323 e. The number of aryl methyl sites for hydroxylation is 1. The SMILES string of the molecule is CCc1nc2ccc(N3CCN(S(=O)(=O)C(C)C(=O)O)CC3)cn2c1N(C)c1nc(-c2ccc(F)cc2)cs1. The zero-order valence-corrected chi connectivity index (χ0v) is 23.4. The number of carboxylic acids is 1. The average molecular weight is 573 g/mol. The number of halogens is 1. The molecule has 0 radical (unpaired) electrons. The van der Waals surface area contributed by atoms with Crippen LogP contribution in [-0.4, -0.2) is 76.6 Å². The predicted octanol–water partition coefficient (Wildman–Crippen LogP) is 3.85. The van der Waals surface area contributed by atoms with E-state index in [0.29, 0.717) is 19.5 Å². The average Bonchev–Trinajstić information content (AvgIpc) is 3.57. The quantitative estimate of drug-likeness (QED) is 0.339. The van der Waals surface area contributed by atoms with E-state index in [1.54, 1.807) is 12.1 Å². The van der Waals surface area contributed by atoms with Crippen LogP contribution in [0.1, 0.15) is 19.5 Å². The van der Waals surface area contributed by atoms with Crippen LogP contribution >= 0.6 is 11.3 Å². The van der Waals surface area contributed by atoms with Crippen molar-refractivity contribution >= 4 is 49.6 Å². The van der Waals surface area contributed by atoms with Gasteiger partial charge in [-0.3, -0.25) is 9.20 Å². The molecule has 1 atom stereocenters. The topological polar surface area (TPSA) is 111 Å². The molecule has 0 aliphatic carbocycles. The van der Waals surface area contributed by atoms with Crippen LogP contribution in [0.25, 0.3) is 16.9 Å². The Labute approximate surface area is 230 Å². The Balaban J connectivity index is 1.41. The molecule has 4 heterocycles. The number of thiazole rings is 1. The summed E-state index contributed by atoms with van der Waals surface area (Å²) in [5, 5.41) is 10.4. The first-order valence-corrected chi connectivity index (χ1v) is 14.9. The molecule has 4 aromatic rings. The molecule has 3 aromatic heterocycles. The number of pyridine rings is 1. The Morgan fingerprint density at radius 3 is 2.46 bits per heavy atom. The van der Waals surface area contributed by atoms with E-state index in [4.69, 9.17) is 9.97 Å². The lowest BCUT2D eigenvalue weighted by molar-refractivity contribution is -0.136. The summed E-state index contributed by atoms with van der Waals surface area (Å²) in [4.78, 5) is 24.9. The maximum atomic E-state index is 13.4. The molecule has 1 aliphatic heterocycles. The molecular formula is C26H29FN6O4S2. The zero-order valence-electron chi connectivity index (χ0n) is 21.8. The van der Waals surface area contributed by atoms with E-state index in [9.17, 15) is 22.7 Å². The van der Waals surface area contributed by atoms with Gasteiger partial charge < -0.3 is 14.9 Å². The van der Waals surface area contributed by atoms with E-state index in [-0.39, 0.29) is 18.9 Å². The fourth-order valence-electron chi connectivity index (χ4n) is 4.66. The van der Waals surface area contributed by atoms with Crippen LogP contribution in [0.5, 0.6) is 0 Å². The van der Waals surface area contributed by atoms with Crippen molar-refractivity contribution in [2.75, 3.05) is 43.0 Å². The summed E-state index contributed by atoms with van der Waals surface area (Å²) in [6.45, 7) is 4.53. The fourth-order valence-corrected chi connectivity index (χ4v) is 6.84. The molecule has 1 unspecified atom stereocenters. The summed E-state index contributed by atoms with van der Waals surface area (Å²) in [5.74, 6) is -0.763. The van der Waals surface area contributed by atoms with Gasteiger partial charge in [0.1, 0.15) is 17.3 Å². The minimum absolute atomic E-state index is 0.208. The molecule has 206 valence electrons. The summed E-state index contributed by atoms with van der Waals surface area (Å²) in [6, 6.07) is 10.2. The Bertz CT molecular complexity index is 1610. The summed E-state index contributed by atoms with van der Waals surface area (Å²) in [6.07, 6.45) is 2.71. The van der Waals surface area contributed by atoms with Crippen LogP contribution in [0.2, 0.25) is 0 Å². The van der Waals surface area contributed by atoms with Gasteiger partial charge >= 0.3 is 5.97 Å². The molecule has 13 heteroatoms. The second-order valence-electron chi connectivity index (χ2n) is 9.34. The van der Waals surface area contributed by atoms with E-state index in [2.05, 4.69) is 4.90 Å². The number of sulfonamides is 1. The number of anilines is 3. The van der Waals surface area contributed by atoms with Gasteiger partial charge in [0.15, 0.2) is 10.4 Å². The monoisotopic (exact) mass is 572 g/mol. The number of fused-ring (bicyclic) bond motifs is 1. The van der Waals surface area contributed by atoms with Gasteiger partial charge in [0.25, 0.3) is 0 Å². The second kappa shape index (κ2) is 10.5. The van der Waals surface area contributed by atoms with E-state index in [0.717, 1.165) is 39.2 Å². The number of imidazole rings is 1. The number of aliphatic carboxylic acids is 1. The van der Waals surface area contributed by atoms with Gasteiger partial charge in [-0.05, 0) is 49.7 Å². The molecule has 0 saturated carbocycles. The molecular weight excluding hydrogens is 543 g/mol. The summed E-state index contributed by atoms with van der Waals surface area (Å²) in [7, 11) is -1.97. The highest BCUT2D eigenvalue weighted by Gasteiger charge is 2.35. The van der Waals surface area contributed by atoms with Crippen molar-refractivity contribution in [2.24, 2.45) is 0 Å². The van der Waals surface area contributed by atoms with Crippen LogP contribution < -0.4 is 9.80 Å². The van der Waals surface area contributed by atoms with Crippen molar-refractivity contribution in [2.45, 2.75) is 25.5 Å². The molecule has 1 aromatic carbocycles.